The van der Waals surface area contributed by atoms with Gasteiger partial charge in [-0.25, -0.2) is 0 Å². The van der Waals surface area contributed by atoms with Crippen LogP contribution in [0.4, 0.5) is 17.1 Å². The van der Waals surface area contributed by atoms with E-state index in [0.717, 1.165) is 29.9 Å². The molecule has 1 fully saturated rings. The Hall–Kier alpha value is -2.82. The lowest BCUT2D eigenvalue weighted by Crippen LogP contribution is -2.21. The molecule has 0 unspecified atom stereocenters. The zero-order valence-corrected chi connectivity index (χ0v) is 15.3. The van der Waals surface area contributed by atoms with Gasteiger partial charge in [0.15, 0.2) is 0 Å². The molecule has 2 N–H and O–H groups in total. The molecular weight excluding hydrogens is 326 g/mol. The standard InChI is InChI=1S/C21H25N3O2/c1-15-11-16(2)13-18(12-15)23-21(26)14-20(25)22-17-5-7-19(8-6-17)24-9-3-4-10-24/h5-8,11-13H,3-4,9-10,14H2,1-2H3,(H,22,25)(H,23,26). The fraction of sp³-hybridized carbons (Fsp3) is 0.333. The lowest BCUT2D eigenvalue weighted by atomic mass is 10.1. The average molecular weight is 351 g/mol. The second kappa shape index (κ2) is 8.04. The zero-order valence-electron chi connectivity index (χ0n) is 15.3. The van der Waals surface area contributed by atoms with Crippen LogP contribution in [0.1, 0.15) is 30.4 Å². The van der Waals surface area contributed by atoms with E-state index in [1.807, 2.05) is 56.3 Å². The zero-order chi connectivity index (χ0) is 18.5. The van der Waals surface area contributed by atoms with Crippen molar-refractivity contribution in [2.24, 2.45) is 0 Å². The molecule has 2 aromatic carbocycles. The molecule has 1 aliphatic rings. The van der Waals surface area contributed by atoms with Crippen molar-refractivity contribution in [3.05, 3.63) is 53.6 Å². The first-order valence-electron chi connectivity index (χ1n) is 9.02. The van der Waals surface area contributed by atoms with Gasteiger partial charge in [0.25, 0.3) is 0 Å². The van der Waals surface area contributed by atoms with Crippen LogP contribution in [0.2, 0.25) is 0 Å². The van der Waals surface area contributed by atoms with Crippen molar-refractivity contribution in [3.63, 3.8) is 0 Å². The van der Waals surface area contributed by atoms with Gasteiger partial charge in [0.2, 0.25) is 11.8 Å². The highest BCUT2D eigenvalue weighted by Crippen LogP contribution is 2.22. The minimum Gasteiger partial charge on any atom is -0.372 e. The summed E-state index contributed by atoms with van der Waals surface area (Å²) in [5.74, 6) is -0.637. The van der Waals surface area contributed by atoms with Crippen molar-refractivity contribution in [1.29, 1.82) is 0 Å². The molecule has 26 heavy (non-hydrogen) atoms. The fourth-order valence-electron chi connectivity index (χ4n) is 3.33. The number of carbonyl (C=O) groups is 2. The van der Waals surface area contributed by atoms with E-state index in [-0.39, 0.29) is 18.2 Å². The number of benzene rings is 2. The first kappa shape index (κ1) is 18.0. The van der Waals surface area contributed by atoms with Crippen LogP contribution in [0, 0.1) is 13.8 Å². The van der Waals surface area contributed by atoms with Gasteiger partial charge in [-0.15, -0.1) is 0 Å². The third kappa shape index (κ3) is 4.85. The number of nitrogens with zero attached hydrogens (tertiary/aromatic N) is 1. The smallest absolute Gasteiger partial charge is 0.233 e. The average Bonchev–Trinajstić information content (AvgIpc) is 3.08. The van der Waals surface area contributed by atoms with Crippen molar-refractivity contribution >= 4 is 28.9 Å². The molecule has 136 valence electrons. The van der Waals surface area contributed by atoms with Crippen LogP contribution < -0.4 is 15.5 Å². The Balaban J connectivity index is 1.52. The molecule has 1 heterocycles. The minimum atomic E-state index is -0.319. The number of hydrogen-bond donors (Lipinski definition) is 2. The summed E-state index contributed by atoms with van der Waals surface area (Å²) < 4.78 is 0. The molecule has 0 spiro atoms. The van der Waals surface area contributed by atoms with Crippen molar-refractivity contribution < 1.29 is 9.59 Å². The molecule has 0 saturated carbocycles. The van der Waals surface area contributed by atoms with Gasteiger partial charge in [0.05, 0.1) is 0 Å². The van der Waals surface area contributed by atoms with Crippen molar-refractivity contribution in [1.82, 2.24) is 0 Å². The van der Waals surface area contributed by atoms with Gasteiger partial charge >= 0.3 is 0 Å². The Bertz CT molecular complexity index is 773. The molecule has 0 bridgehead atoms. The molecule has 5 heteroatoms. The van der Waals surface area contributed by atoms with E-state index in [1.165, 1.54) is 18.5 Å². The fourth-order valence-corrected chi connectivity index (χ4v) is 3.33. The van der Waals surface area contributed by atoms with Crippen molar-refractivity contribution in [2.45, 2.75) is 33.1 Å². The summed E-state index contributed by atoms with van der Waals surface area (Å²) >= 11 is 0. The van der Waals surface area contributed by atoms with Crippen molar-refractivity contribution in [3.8, 4) is 0 Å². The first-order chi connectivity index (χ1) is 12.5. The Morgan fingerprint density at radius 3 is 1.96 bits per heavy atom. The highest BCUT2D eigenvalue weighted by Gasteiger charge is 2.13. The van der Waals surface area contributed by atoms with E-state index in [1.54, 1.807) is 0 Å². The van der Waals surface area contributed by atoms with Gasteiger partial charge in [-0.1, -0.05) is 6.07 Å². The monoisotopic (exact) mass is 351 g/mol. The summed E-state index contributed by atoms with van der Waals surface area (Å²) in [6.07, 6.45) is 2.25. The number of anilines is 3. The Morgan fingerprint density at radius 2 is 1.38 bits per heavy atom. The number of nitrogens with one attached hydrogen (secondary N) is 2. The van der Waals surface area contributed by atoms with Crippen molar-refractivity contribution in [2.75, 3.05) is 28.6 Å². The van der Waals surface area contributed by atoms with E-state index in [9.17, 15) is 9.59 Å². The van der Waals surface area contributed by atoms with E-state index in [4.69, 9.17) is 0 Å². The molecule has 0 radical (unpaired) electrons. The number of carbonyl (C=O) groups excluding carboxylic acids is 2. The van der Waals surface area contributed by atoms with Gasteiger partial charge < -0.3 is 15.5 Å². The van der Waals surface area contributed by atoms with Gasteiger partial charge in [-0.2, -0.15) is 0 Å². The number of hydrogen-bond acceptors (Lipinski definition) is 3. The SMILES string of the molecule is Cc1cc(C)cc(NC(=O)CC(=O)Nc2ccc(N3CCCC3)cc2)c1. The summed E-state index contributed by atoms with van der Waals surface area (Å²) in [6, 6.07) is 13.6. The van der Waals surface area contributed by atoms with E-state index < -0.39 is 0 Å². The van der Waals surface area contributed by atoms with Crippen LogP contribution in [0.3, 0.4) is 0 Å². The molecule has 5 nitrogen and oxygen atoms in total. The predicted octanol–water partition coefficient (Wildman–Crippen LogP) is 3.87. The molecule has 0 aromatic heterocycles. The third-order valence-electron chi connectivity index (χ3n) is 4.45. The molecule has 1 aliphatic heterocycles. The van der Waals surface area contributed by atoms with Crippen LogP contribution in [-0.2, 0) is 9.59 Å². The molecule has 2 aromatic rings. The first-order valence-corrected chi connectivity index (χ1v) is 9.02. The summed E-state index contributed by atoms with van der Waals surface area (Å²) in [6.45, 7) is 6.12. The van der Waals surface area contributed by atoms with Crippen LogP contribution in [-0.4, -0.2) is 24.9 Å². The Morgan fingerprint density at radius 1 is 0.846 bits per heavy atom. The van der Waals surface area contributed by atoms with Crippen LogP contribution in [0.25, 0.3) is 0 Å². The second-order valence-electron chi connectivity index (χ2n) is 6.89. The maximum Gasteiger partial charge on any atom is 0.233 e. The summed E-state index contributed by atoms with van der Waals surface area (Å²) in [5, 5.41) is 5.56. The normalized spacial score (nSPS) is 13.5. The van der Waals surface area contributed by atoms with Gasteiger partial charge in [0, 0.05) is 30.2 Å². The highest BCUT2D eigenvalue weighted by molar-refractivity contribution is 6.08. The topological polar surface area (TPSA) is 61.4 Å². The molecule has 3 rings (SSSR count). The number of rotatable bonds is 5. The third-order valence-corrected chi connectivity index (χ3v) is 4.45. The summed E-state index contributed by atoms with van der Waals surface area (Å²) in [5.41, 5.74) is 4.74. The predicted molar refractivity (Wildman–Crippen MR) is 106 cm³/mol. The Labute approximate surface area is 154 Å². The van der Waals surface area contributed by atoms with Crippen LogP contribution >= 0.6 is 0 Å². The highest BCUT2D eigenvalue weighted by atomic mass is 16.2. The lowest BCUT2D eigenvalue weighted by Gasteiger charge is -2.17. The molecular formula is C21H25N3O2. The lowest BCUT2D eigenvalue weighted by molar-refractivity contribution is -0.123. The summed E-state index contributed by atoms with van der Waals surface area (Å²) in [7, 11) is 0. The molecule has 2 amide bonds. The van der Waals surface area contributed by atoms with E-state index in [2.05, 4.69) is 15.5 Å². The van der Waals surface area contributed by atoms with Gasteiger partial charge in [0.1, 0.15) is 6.42 Å². The van der Waals surface area contributed by atoms with Crippen LogP contribution in [0.15, 0.2) is 42.5 Å². The van der Waals surface area contributed by atoms with E-state index >= 15 is 0 Å². The number of amides is 2. The van der Waals surface area contributed by atoms with E-state index in [0.29, 0.717) is 5.69 Å². The van der Waals surface area contributed by atoms with Gasteiger partial charge in [-0.3, -0.25) is 9.59 Å². The summed E-state index contributed by atoms with van der Waals surface area (Å²) in [4.78, 5) is 26.5. The molecule has 1 saturated heterocycles. The molecule has 0 atom stereocenters. The Kier molecular flexibility index (Phi) is 5.56. The van der Waals surface area contributed by atoms with Crippen LogP contribution in [0.5, 0.6) is 0 Å². The molecule has 0 aliphatic carbocycles. The largest absolute Gasteiger partial charge is 0.372 e. The van der Waals surface area contributed by atoms with Gasteiger partial charge in [-0.05, 0) is 74.2 Å². The number of aryl methyl sites for hydroxylation is 2. The second-order valence-corrected chi connectivity index (χ2v) is 6.89. The maximum atomic E-state index is 12.1. The minimum absolute atomic E-state index is 0.207. The maximum absolute atomic E-state index is 12.1. The quantitative estimate of drug-likeness (QED) is 0.804.